The molecule has 0 amide bonds. The van der Waals surface area contributed by atoms with Gasteiger partial charge < -0.3 is 9.32 Å². The van der Waals surface area contributed by atoms with E-state index in [2.05, 4.69) is 214 Å². The van der Waals surface area contributed by atoms with Gasteiger partial charge in [-0.2, -0.15) is 0 Å². The first-order valence-electron chi connectivity index (χ1n) is 18.7. The number of fused-ring (bicyclic) bond motifs is 2. The van der Waals surface area contributed by atoms with Gasteiger partial charge >= 0.3 is 0 Å². The second-order valence-corrected chi connectivity index (χ2v) is 15.0. The van der Waals surface area contributed by atoms with Crippen LogP contribution in [-0.2, 0) is 5.41 Å². The highest BCUT2D eigenvalue weighted by molar-refractivity contribution is 5.97. The standard InChI is InChI=1S/C52H41NO/c1-52(2,3)50-47-23-10-12-26-49(47)54-51(50)41-19-13-20-43(35-41)53(42-33-31-39(32-34-42)45-24-14-18-38-17-7-8-21-44(38)45)48-25-11-9-22-46(48)40-29-27-37(28-30-40)36-15-5-4-6-16-36/h4-35H,1-3H3. The van der Waals surface area contributed by atoms with Gasteiger partial charge in [0.2, 0.25) is 0 Å². The zero-order valence-electron chi connectivity index (χ0n) is 30.8. The molecule has 2 heteroatoms. The van der Waals surface area contributed by atoms with Crippen molar-refractivity contribution in [1.82, 2.24) is 0 Å². The van der Waals surface area contributed by atoms with Crippen LogP contribution >= 0.6 is 0 Å². The summed E-state index contributed by atoms with van der Waals surface area (Å²) in [6, 6.07) is 69.6. The predicted octanol–water partition coefficient (Wildman–Crippen LogP) is 15.0. The zero-order valence-corrected chi connectivity index (χ0v) is 30.8. The quantitative estimate of drug-likeness (QED) is 0.165. The SMILES string of the molecule is CC(C)(C)c1c(-c2cccc(N(c3ccc(-c4cccc5ccccc45)cc3)c3ccccc3-c3ccc(-c4ccccc4)cc3)c2)oc2ccccc12. The van der Waals surface area contributed by atoms with Crippen molar-refractivity contribution in [2.45, 2.75) is 26.2 Å². The van der Waals surface area contributed by atoms with E-state index in [9.17, 15) is 0 Å². The molecule has 0 aliphatic heterocycles. The minimum Gasteiger partial charge on any atom is -0.456 e. The highest BCUT2D eigenvalue weighted by Crippen LogP contribution is 2.45. The Morgan fingerprint density at radius 3 is 1.76 bits per heavy atom. The van der Waals surface area contributed by atoms with Crippen molar-refractivity contribution in [3.63, 3.8) is 0 Å². The molecule has 260 valence electrons. The van der Waals surface area contributed by atoms with E-state index in [1.54, 1.807) is 0 Å². The first-order valence-corrected chi connectivity index (χ1v) is 18.7. The third kappa shape index (κ3) is 6.16. The lowest BCUT2D eigenvalue weighted by Crippen LogP contribution is -2.12. The Kier molecular flexibility index (Phi) is 8.44. The fraction of sp³-hybridized carbons (Fsp3) is 0.0769. The number of furan rings is 1. The largest absolute Gasteiger partial charge is 0.456 e. The van der Waals surface area contributed by atoms with Crippen LogP contribution in [0.4, 0.5) is 17.1 Å². The van der Waals surface area contributed by atoms with Crippen LogP contribution in [0.5, 0.6) is 0 Å². The molecule has 0 aliphatic carbocycles. The Bertz CT molecular complexity index is 2730. The molecule has 8 aromatic carbocycles. The van der Waals surface area contributed by atoms with Gasteiger partial charge in [0.25, 0.3) is 0 Å². The highest BCUT2D eigenvalue weighted by atomic mass is 16.3. The maximum Gasteiger partial charge on any atom is 0.139 e. The van der Waals surface area contributed by atoms with E-state index in [1.165, 1.54) is 38.6 Å². The first kappa shape index (κ1) is 33.2. The molecule has 9 rings (SSSR count). The van der Waals surface area contributed by atoms with Crippen molar-refractivity contribution in [2.24, 2.45) is 0 Å². The Morgan fingerprint density at radius 1 is 0.407 bits per heavy atom. The number of rotatable bonds is 7. The number of para-hydroxylation sites is 2. The lowest BCUT2D eigenvalue weighted by Gasteiger charge is -2.28. The van der Waals surface area contributed by atoms with Gasteiger partial charge in [-0.1, -0.05) is 178 Å². The van der Waals surface area contributed by atoms with Crippen molar-refractivity contribution in [2.75, 3.05) is 4.90 Å². The predicted molar refractivity (Wildman–Crippen MR) is 229 cm³/mol. The third-order valence-electron chi connectivity index (χ3n) is 10.4. The average Bonchev–Trinajstić information content (AvgIpc) is 3.63. The van der Waals surface area contributed by atoms with Gasteiger partial charge in [0.15, 0.2) is 0 Å². The molecular weight excluding hydrogens is 655 g/mol. The van der Waals surface area contributed by atoms with E-state index >= 15 is 0 Å². The fourth-order valence-corrected chi connectivity index (χ4v) is 7.86. The number of nitrogens with zero attached hydrogens (tertiary/aromatic N) is 1. The van der Waals surface area contributed by atoms with Gasteiger partial charge in [-0.25, -0.2) is 0 Å². The van der Waals surface area contributed by atoms with Crippen molar-refractivity contribution in [1.29, 1.82) is 0 Å². The van der Waals surface area contributed by atoms with Crippen molar-refractivity contribution in [3.05, 3.63) is 200 Å². The molecule has 1 heterocycles. The Labute approximate surface area is 317 Å². The molecule has 0 bridgehead atoms. The molecular formula is C52H41NO. The van der Waals surface area contributed by atoms with E-state index in [0.29, 0.717) is 0 Å². The van der Waals surface area contributed by atoms with Gasteiger partial charge in [-0.15, -0.1) is 0 Å². The maximum atomic E-state index is 6.68. The smallest absolute Gasteiger partial charge is 0.139 e. The number of hydrogen-bond donors (Lipinski definition) is 0. The number of benzene rings is 8. The van der Waals surface area contributed by atoms with E-state index < -0.39 is 0 Å². The monoisotopic (exact) mass is 695 g/mol. The molecule has 54 heavy (non-hydrogen) atoms. The topological polar surface area (TPSA) is 16.4 Å². The molecule has 0 N–H and O–H groups in total. The minimum absolute atomic E-state index is 0.117. The Hall–Kier alpha value is -6.64. The van der Waals surface area contributed by atoms with Crippen LogP contribution in [0.3, 0.4) is 0 Å². The fourth-order valence-electron chi connectivity index (χ4n) is 7.86. The lowest BCUT2D eigenvalue weighted by molar-refractivity contribution is 0.568. The summed E-state index contributed by atoms with van der Waals surface area (Å²) in [5.74, 6) is 0.918. The third-order valence-corrected chi connectivity index (χ3v) is 10.4. The van der Waals surface area contributed by atoms with Gasteiger partial charge in [-0.3, -0.25) is 0 Å². The minimum atomic E-state index is -0.117. The summed E-state index contributed by atoms with van der Waals surface area (Å²) in [4.78, 5) is 2.39. The van der Waals surface area contributed by atoms with E-state index in [1.807, 2.05) is 6.07 Å². The molecule has 0 unspecified atom stereocenters. The molecule has 0 saturated carbocycles. The molecule has 0 spiro atoms. The second kappa shape index (κ2) is 13.7. The molecule has 0 aliphatic rings. The van der Waals surface area contributed by atoms with Crippen molar-refractivity contribution < 1.29 is 4.42 Å². The molecule has 0 saturated heterocycles. The van der Waals surface area contributed by atoms with Crippen LogP contribution in [0.2, 0.25) is 0 Å². The summed E-state index contributed by atoms with van der Waals surface area (Å²) >= 11 is 0. The molecule has 0 fully saturated rings. The summed E-state index contributed by atoms with van der Waals surface area (Å²) in [7, 11) is 0. The van der Waals surface area contributed by atoms with Crippen LogP contribution < -0.4 is 4.90 Å². The van der Waals surface area contributed by atoms with Crippen LogP contribution in [0.25, 0.3) is 66.4 Å². The molecule has 2 nitrogen and oxygen atoms in total. The summed E-state index contributed by atoms with van der Waals surface area (Å²) in [6.45, 7) is 6.79. The molecule has 1 aromatic heterocycles. The van der Waals surface area contributed by atoms with Crippen molar-refractivity contribution >= 4 is 38.8 Å². The van der Waals surface area contributed by atoms with Crippen LogP contribution in [0, 0.1) is 0 Å². The van der Waals surface area contributed by atoms with Gasteiger partial charge in [0.1, 0.15) is 11.3 Å². The highest BCUT2D eigenvalue weighted by Gasteiger charge is 2.27. The second-order valence-electron chi connectivity index (χ2n) is 15.0. The van der Waals surface area contributed by atoms with Gasteiger partial charge in [0, 0.05) is 33.5 Å². The average molecular weight is 696 g/mol. The van der Waals surface area contributed by atoms with Crippen LogP contribution in [-0.4, -0.2) is 0 Å². The van der Waals surface area contributed by atoms with Crippen LogP contribution in [0.15, 0.2) is 199 Å². The normalized spacial score (nSPS) is 11.6. The summed E-state index contributed by atoms with van der Waals surface area (Å²) in [5, 5.41) is 3.66. The Balaban J connectivity index is 1.20. The first-order chi connectivity index (χ1) is 26.4. The van der Waals surface area contributed by atoms with Gasteiger partial charge in [-0.05, 0) is 80.4 Å². The number of hydrogen-bond acceptors (Lipinski definition) is 2. The number of anilines is 3. The molecule has 0 atom stereocenters. The van der Waals surface area contributed by atoms with Crippen molar-refractivity contribution in [3.8, 4) is 44.7 Å². The van der Waals surface area contributed by atoms with Crippen LogP contribution in [0.1, 0.15) is 26.3 Å². The molecule has 0 radical (unpaired) electrons. The summed E-state index contributed by atoms with van der Waals surface area (Å²) in [5.41, 5.74) is 13.4. The summed E-state index contributed by atoms with van der Waals surface area (Å²) < 4.78 is 6.68. The zero-order chi connectivity index (χ0) is 36.6. The van der Waals surface area contributed by atoms with E-state index in [0.717, 1.165) is 50.5 Å². The van der Waals surface area contributed by atoms with E-state index in [4.69, 9.17) is 4.42 Å². The summed E-state index contributed by atoms with van der Waals surface area (Å²) in [6.07, 6.45) is 0. The lowest BCUT2D eigenvalue weighted by atomic mass is 9.83. The Morgan fingerprint density at radius 2 is 0.963 bits per heavy atom. The van der Waals surface area contributed by atoms with Gasteiger partial charge in [0.05, 0.1) is 5.69 Å². The van der Waals surface area contributed by atoms with E-state index in [-0.39, 0.29) is 5.41 Å². The maximum absolute atomic E-state index is 6.68. The molecule has 9 aromatic rings.